The molecule has 1 amide bonds. The van der Waals surface area contributed by atoms with Crippen LogP contribution in [0.15, 0.2) is 36.4 Å². The predicted octanol–water partition coefficient (Wildman–Crippen LogP) is 3.83. The molecule has 0 radical (unpaired) electrons. The van der Waals surface area contributed by atoms with E-state index >= 15 is 0 Å². The third kappa shape index (κ3) is 5.01. The van der Waals surface area contributed by atoms with Crippen molar-refractivity contribution in [2.75, 3.05) is 6.54 Å². The van der Waals surface area contributed by atoms with E-state index in [1.165, 1.54) is 30.3 Å². The summed E-state index contributed by atoms with van der Waals surface area (Å²) in [4.78, 5) is 12.0. The third-order valence-electron chi connectivity index (χ3n) is 3.60. The van der Waals surface area contributed by atoms with Crippen molar-refractivity contribution in [3.8, 4) is 11.1 Å². The second-order valence-electron chi connectivity index (χ2n) is 5.68. The van der Waals surface area contributed by atoms with Gasteiger partial charge in [-0.3, -0.25) is 4.79 Å². The molecule has 0 saturated heterocycles. The van der Waals surface area contributed by atoms with Crippen molar-refractivity contribution in [3.63, 3.8) is 0 Å². The fourth-order valence-electron chi connectivity index (χ4n) is 2.32. The van der Waals surface area contributed by atoms with E-state index in [9.17, 15) is 13.6 Å². The van der Waals surface area contributed by atoms with Crippen LogP contribution < -0.4 is 11.1 Å². The minimum absolute atomic E-state index is 0. The lowest BCUT2D eigenvalue weighted by Crippen LogP contribution is -2.29. The number of amides is 1. The van der Waals surface area contributed by atoms with Gasteiger partial charge >= 0.3 is 0 Å². The molecule has 0 fully saturated rings. The molecule has 0 aliphatic rings. The molecule has 0 aliphatic carbocycles. The van der Waals surface area contributed by atoms with Gasteiger partial charge in [-0.25, -0.2) is 8.78 Å². The molecule has 0 spiro atoms. The van der Waals surface area contributed by atoms with E-state index in [0.29, 0.717) is 29.7 Å². The number of carbonyl (C=O) groups excluding carboxylic acids is 1. The van der Waals surface area contributed by atoms with Gasteiger partial charge in [-0.05, 0) is 55.7 Å². The van der Waals surface area contributed by atoms with Gasteiger partial charge < -0.3 is 11.1 Å². The molecule has 130 valence electrons. The Kier molecular flexibility index (Phi) is 7.32. The van der Waals surface area contributed by atoms with Gasteiger partial charge in [0, 0.05) is 23.7 Å². The molecule has 3 nitrogen and oxygen atoms in total. The Balaban J connectivity index is 0.00000288. The summed E-state index contributed by atoms with van der Waals surface area (Å²) in [6.07, 6.45) is 0.654. The molecular formula is C18H21ClF2N2O. The van der Waals surface area contributed by atoms with Crippen molar-refractivity contribution in [3.05, 3.63) is 59.2 Å². The summed E-state index contributed by atoms with van der Waals surface area (Å²) in [6.45, 7) is 4.01. The highest BCUT2D eigenvalue weighted by Gasteiger charge is 2.12. The number of benzene rings is 2. The number of halogens is 3. The highest BCUT2D eigenvalue weighted by molar-refractivity contribution is 5.94. The van der Waals surface area contributed by atoms with Crippen molar-refractivity contribution in [1.29, 1.82) is 0 Å². The SMILES string of the molecule is Cc1cc(F)ccc1-c1ccc(C(=O)NCCC(C)N)cc1F.Cl. The number of nitrogens with one attached hydrogen (secondary N) is 1. The van der Waals surface area contributed by atoms with Crippen LogP contribution in [0.1, 0.15) is 29.3 Å². The molecule has 2 aromatic rings. The number of carbonyl (C=O) groups is 1. The average molecular weight is 355 g/mol. The monoisotopic (exact) mass is 354 g/mol. The number of hydrogen-bond acceptors (Lipinski definition) is 2. The molecule has 24 heavy (non-hydrogen) atoms. The van der Waals surface area contributed by atoms with Crippen LogP contribution in [0.25, 0.3) is 11.1 Å². The first-order chi connectivity index (χ1) is 10.9. The predicted molar refractivity (Wildman–Crippen MR) is 94.4 cm³/mol. The lowest BCUT2D eigenvalue weighted by molar-refractivity contribution is 0.0952. The Morgan fingerprint density at radius 1 is 1.17 bits per heavy atom. The fourth-order valence-corrected chi connectivity index (χ4v) is 2.32. The summed E-state index contributed by atoms with van der Waals surface area (Å²) < 4.78 is 27.5. The maximum atomic E-state index is 14.3. The smallest absolute Gasteiger partial charge is 0.251 e. The summed E-state index contributed by atoms with van der Waals surface area (Å²) in [6, 6.07) is 8.46. The second-order valence-corrected chi connectivity index (χ2v) is 5.68. The Labute approximate surface area is 146 Å². The summed E-state index contributed by atoms with van der Waals surface area (Å²) >= 11 is 0. The van der Waals surface area contributed by atoms with E-state index in [1.807, 2.05) is 6.92 Å². The lowest BCUT2D eigenvalue weighted by atomic mass is 9.98. The molecular weight excluding hydrogens is 334 g/mol. The van der Waals surface area contributed by atoms with E-state index in [4.69, 9.17) is 5.73 Å². The molecule has 0 saturated carbocycles. The number of aryl methyl sites for hydroxylation is 1. The molecule has 6 heteroatoms. The third-order valence-corrected chi connectivity index (χ3v) is 3.60. The molecule has 3 N–H and O–H groups in total. The van der Waals surface area contributed by atoms with Crippen LogP contribution in [0.5, 0.6) is 0 Å². The van der Waals surface area contributed by atoms with Crippen molar-refractivity contribution in [1.82, 2.24) is 5.32 Å². The van der Waals surface area contributed by atoms with Gasteiger partial charge in [0.15, 0.2) is 0 Å². The van der Waals surface area contributed by atoms with Gasteiger partial charge in [0.1, 0.15) is 11.6 Å². The normalized spacial score (nSPS) is 11.5. The zero-order valence-corrected chi connectivity index (χ0v) is 14.4. The average Bonchev–Trinajstić information content (AvgIpc) is 2.47. The minimum atomic E-state index is -0.514. The van der Waals surface area contributed by atoms with Gasteiger partial charge in [-0.2, -0.15) is 0 Å². The fraction of sp³-hybridized carbons (Fsp3) is 0.278. The number of rotatable bonds is 5. The number of nitrogens with two attached hydrogens (primary N) is 1. The first-order valence-electron chi connectivity index (χ1n) is 7.48. The van der Waals surface area contributed by atoms with Crippen LogP contribution in [-0.4, -0.2) is 18.5 Å². The first kappa shape index (κ1) is 20.1. The second kappa shape index (κ2) is 8.76. The summed E-state index contributed by atoms with van der Waals surface area (Å²) in [5.74, 6) is -1.22. The zero-order valence-electron chi connectivity index (χ0n) is 13.6. The Morgan fingerprint density at radius 2 is 1.83 bits per heavy atom. The van der Waals surface area contributed by atoms with Crippen molar-refractivity contribution in [2.45, 2.75) is 26.3 Å². The maximum absolute atomic E-state index is 14.3. The van der Waals surface area contributed by atoms with Crippen LogP contribution in [0.3, 0.4) is 0 Å². The topological polar surface area (TPSA) is 55.1 Å². The van der Waals surface area contributed by atoms with Crippen LogP contribution in [0, 0.1) is 18.6 Å². The van der Waals surface area contributed by atoms with Gasteiger partial charge in [0.2, 0.25) is 0 Å². The van der Waals surface area contributed by atoms with E-state index in [1.54, 1.807) is 13.0 Å². The molecule has 0 aromatic heterocycles. The minimum Gasteiger partial charge on any atom is -0.352 e. The molecule has 0 heterocycles. The Hall–Kier alpha value is -1.98. The van der Waals surface area contributed by atoms with Gasteiger partial charge in [-0.15, -0.1) is 12.4 Å². The summed E-state index contributed by atoms with van der Waals surface area (Å²) in [5.41, 5.74) is 7.44. The van der Waals surface area contributed by atoms with Gasteiger partial charge in [-0.1, -0.05) is 12.1 Å². The molecule has 0 bridgehead atoms. The van der Waals surface area contributed by atoms with Gasteiger partial charge in [0.25, 0.3) is 5.91 Å². The summed E-state index contributed by atoms with van der Waals surface area (Å²) in [5, 5.41) is 2.70. The standard InChI is InChI=1S/C18H20F2N2O.ClH/c1-11-9-14(19)4-6-15(11)16-5-3-13(10-17(16)20)18(23)22-8-7-12(2)21;/h3-6,9-10,12H,7-8,21H2,1-2H3,(H,22,23);1H. The van der Waals surface area contributed by atoms with E-state index < -0.39 is 5.82 Å². The molecule has 0 aliphatic heterocycles. The lowest BCUT2D eigenvalue weighted by Gasteiger charge is -2.10. The summed E-state index contributed by atoms with van der Waals surface area (Å²) in [7, 11) is 0. The highest BCUT2D eigenvalue weighted by atomic mass is 35.5. The Morgan fingerprint density at radius 3 is 2.42 bits per heavy atom. The largest absolute Gasteiger partial charge is 0.352 e. The van der Waals surface area contributed by atoms with Gasteiger partial charge in [0.05, 0.1) is 0 Å². The number of hydrogen-bond donors (Lipinski definition) is 2. The molecule has 1 atom stereocenters. The first-order valence-corrected chi connectivity index (χ1v) is 7.48. The van der Waals surface area contributed by atoms with Crippen molar-refractivity contribution < 1.29 is 13.6 Å². The maximum Gasteiger partial charge on any atom is 0.251 e. The quantitative estimate of drug-likeness (QED) is 0.857. The zero-order chi connectivity index (χ0) is 17.0. The van der Waals surface area contributed by atoms with E-state index in [-0.39, 0.29) is 35.7 Å². The Bertz CT molecular complexity index is 720. The van der Waals surface area contributed by atoms with Crippen LogP contribution in [0.4, 0.5) is 8.78 Å². The van der Waals surface area contributed by atoms with E-state index in [0.717, 1.165) is 0 Å². The molecule has 1 unspecified atom stereocenters. The van der Waals surface area contributed by atoms with Crippen molar-refractivity contribution in [2.24, 2.45) is 5.73 Å². The van der Waals surface area contributed by atoms with Crippen LogP contribution >= 0.6 is 12.4 Å². The van der Waals surface area contributed by atoms with Crippen LogP contribution in [0.2, 0.25) is 0 Å². The molecule has 2 aromatic carbocycles. The molecule has 2 rings (SSSR count). The van der Waals surface area contributed by atoms with E-state index in [2.05, 4.69) is 5.32 Å². The van der Waals surface area contributed by atoms with Crippen LogP contribution in [-0.2, 0) is 0 Å². The van der Waals surface area contributed by atoms with Crippen molar-refractivity contribution >= 4 is 18.3 Å². The highest BCUT2D eigenvalue weighted by Crippen LogP contribution is 2.27.